The van der Waals surface area contributed by atoms with Crippen LogP contribution in [0.25, 0.3) is 0 Å². The summed E-state index contributed by atoms with van der Waals surface area (Å²) in [5.74, 6) is -0.395. The van der Waals surface area contributed by atoms with Crippen molar-refractivity contribution in [3.63, 3.8) is 0 Å². The van der Waals surface area contributed by atoms with Gasteiger partial charge in [0.2, 0.25) is 0 Å². The molecular weight excluding hydrogens is 365 g/mol. The lowest BCUT2D eigenvalue weighted by atomic mass is 10.2. The molecule has 0 aliphatic carbocycles. The molecule has 100 valence electrons. The molecule has 0 heterocycles. The third-order valence-electron chi connectivity index (χ3n) is 2.54. The van der Waals surface area contributed by atoms with Crippen molar-refractivity contribution in [1.29, 1.82) is 0 Å². The summed E-state index contributed by atoms with van der Waals surface area (Å²) >= 11 is 1.84. The van der Waals surface area contributed by atoms with E-state index >= 15 is 0 Å². The van der Waals surface area contributed by atoms with Crippen LogP contribution in [-0.2, 0) is 0 Å². The number of nitrogens with two attached hydrogens (primary N) is 1. The smallest absolute Gasteiger partial charge is 0.146 e. The number of nitrogen functional groups attached to an aromatic ring is 1. The van der Waals surface area contributed by atoms with Gasteiger partial charge in [0, 0.05) is 12.1 Å². The minimum Gasteiger partial charge on any atom is -0.497 e. The van der Waals surface area contributed by atoms with Gasteiger partial charge in [0.15, 0.2) is 0 Å². The summed E-state index contributed by atoms with van der Waals surface area (Å²) in [5, 5.41) is 2.76. The van der Waals surface area contributed by atoms with E-state index in [-0.39, 0.29) is 5.69 Å². The minimum atomic E-state index is -0.473. The zero-order valence-corrected chi connectivity index (χ0v) is 12.2. The van der Waals surface area contributed by atoms with Crippen molar-refractivity contribution in [1.82, 2.24) is 0 Å². The molecule has 0 aliphatic heterocycles. The summed E-state index contributed by atoms with van der Waals surface area (Å²) in [6.45, 7) is 0. The third-order valence-corrected chi connectivity index (χ3v) is 3.36. The molecule has 0 unspecified atom stereocenters. The number of methoxy groups -OCH3 is 1. The second kappa shape index (κ2) is 5.60. The van der Waals surface area contributed by atoms with Gasteiger partial charge in [-0.15, -0.1) is 0 Å². The zero-order valence-electron chi connectivity index (χ0n) is 10.0. The van der Waals surface area contributed by atoms with Crippen LogP contribution < -0.4 is 15.8 Å². The first-order valence-electron chi connectivity index (χ1n) is 5.36. The molecule has 19 heavy (non-hydrogen) atoms. The van der Waals surface area contributed by atoms with Gasteiger partial charge in [-0.1, -0.05) is 0 Å². The van der Waals surface area contributed by atoms with Crippen LogP contribution >= 0.6 is 22.6 Å². The van der Waals surface area contributed by atoms with Crippen LogP contribution in [0.5, 0.6) is 5.75 Å². The molecule has 0 amide bonds. The molecule has 0 radical (unpaired) electrons. The zero-order chi connectivity index (χ0) is 14.0. The largest absolute Gasteiger partial charge is 0.497 e. The van der Waals surface area contributed by atoms with E-state index in [1.54, 1.807) is 0 Å². The summed E-state index contributed by atoms with van der Waals surface area (Å²) in [6, 6.07) is 6.95. The SMILES string of the molecule is COc1ccc(F)c(Nc2cc(F)c(I)cc2N)c1. The molecule has 0 bridgehead atoms. The Balaban J connectivity index is 2.38. The number of rotatable bonds is 3. The molecule has 3 nitrogen and oxygen atoms in total. The highest BCUT2D eigenvalue weighted by Gasteiger charge is 2.09. The molecule has 0 fully saturated rings. The van der Waals surface area contributed by atoms with Gasteiger partial charge in [0.1, 0.15) is 17.4 Å². The molecule has 0 saturated carbocycles. The normalized spacial score (nSPS) is 10.3. The Bertz CT molecular complexity index is 620. The molecule has 0 spiro atoms. The number of benzene rings is 2. The fraction of sp³-hybridized carbons (Fsp3) is 0.0769. The number of anilines is 3. The topological polar surface area (TPSA) is 47.3 Å². The van der Waals surface area contributed by atoms with Crippen molar-refractivity contribution < 1.29 is 13.5 Å². The van der Waals surface area contributed by atoms with Gasteiger partial charge in [-0.3, -0.25) is 0 Å². The van der Waals surface area contributed by atoms with Crippen LogP contribution in [-0.4, -0.2) is 7.11 Å². The van der Waals surface area contributed by atoms with Gasteiger partial charge in [-0.25, -0.2) is 8.78 Å². The van der Waals surface area contributed by atoms with E-state index in [1.807, 2.05) is 22.6 Å². The fourth-order valence-corrected chi connectivity index (χ4v) is 2.03. The van der Waals surface area contributed by atoms with Crippen LogP contribution in [0.3, 0.4) is 0 Å². The van der Waals surface area contributed by atoms with Gasteiger partial charge < -0.3 is 15.8 Å². The Hall–Kier alpha value is -1.57. The molecule has 0 aliphatic rings. The Labute approximate surface area is 122 Å². The summed E-state index contributed by atoms with van der Waals surface area (Å²) < 4.78 is 32.6. The lowest BCUT2D eigenvalue weighted by Crippen LogP contribution is -2.00. The van der Waals surface area contributed by atoms with Crippen molar-refractivity contribution >= 4 is 39.7 Å². The first kappa shape index (κ1) is 13.9. The Morgan fingerprint density at radius 2 is 1.84 bits per heavy atom. The summed E-state index contributed by atoms with van der Waals surface area (Å²) in [7, 11) is 1.48. The van der Waals surface area contributed by atoms with Gasteiger partial charge in [0.25, 0.3) is 0 Å². The maximum Gasteiger partial charge on any atom is 0.146 e. The summed E-state index contributed by atoms with van der Waals surface area (Å²) in [4.78, 5) is 0. The standard InChI is InChI=1S/C13H11F2IN2O/c1-19-7-2-3-8(14)12(4-7)18-13-5-9(15)10(16)6-11(13)17/h2-6,18H,17H2,1H3. The molecule has 2 rings (SSSR count). The monoisotopic (exact) mass is 376 g/mol. The Kier molecular flexibility index (Phi) is 4.08. The molecular formula is C13H11F2IN2O. The third kappa shape index (κ3) is 3.06. The minimum absolute atomic E-state index is 0.173. The van der Waals surface area contributed by atoms with Crippen molar-refractivity contribution in [2.45, 2.75) is 0 Å². The molecule has 2 aromatic carbocycles. The van der Waals surface area contributed by atoms with Crippen LogP contribution in [0.2, 0.25) is 0 Å². The number of ether oxygens (including phenoxy) is 1. The Morgan fingerprint density at radius 1 is 1.11 bits per heavy atom. The van der Waals surface area contributed by atoms with Gasteiger partial charge in [-0.2, -0.15) is 0 Å². The van der Waals surface area contributed by atoms with E-state index in [1.165, 1.54) is 37.4 Å². The highest BCUT2D eigenvalue weighted by Crippen LogP contribution is 2.30. The van der Waals surface area contributed by atoms with E-state index in [0.29, 0.717) is 20.7 Å². The number of hydrogen-bond acceptors (Lipinski definition) is 3. The van der Waals surface area contributed by atoms with E-state index in [2.05, 4.69) is 5.32 Å². The fourth-order valence-electron chi connectivity index (χ4n) is 1.54. The highest BCUT2D eigenvalue weighted by atomic mass is 127. The number of halogens is 3. The van der Waals surface area contributed by atoms with Crippen molar-refractivity contribution in [2.75, 3.05) is 18.2 Å². The van der Waals surface area contributed by atoms with Gasteiger partial charge >= 0.3 is 0 Å². The average molecular weight is 376 g/mol. The first-order chi connectivity index (χ1) is 9.01. The second-order valence-corrected chi connectivity index (χ2v) is 4.99. The van der Waals surface area contributed by atoms with Crippen LogP contribution in [0.1, 0.15) is 0 Å². The predicted molar refractivity (Wildman–Crippen MR) is 79.8 cm³/mol. The lowest BCUT2D eigenvalue weighted by molar-refractivity contribution is 0.414. The maximum atomic E-state index is 13.6. The van der Waals surface area contributed by atoms with Crippen molar-refractivity contribution in [2.24, 2.45) is 0 Å². The number of hydrogen-bond donors (Lipinski definition) is 2. The quantitative estimate of drug-likeness (QED) is 0.631. The van der Waals surface area contributed by atoms with Crippen LogP contribution in [0.4, 0.5) is 25.8 Å². The molecule has 6 heteroatoms. The van der Waals surface area contributed by atoms with Crippen molar-refractivity contribution in [3.8, 4) is 5.75 Å². The molecule has 3 N–H and O–H groups in total. The number of nitrogens with one attached hydrogen (secondary N) is 1. The maximum absolute atomic E-state index is 13.6. The van der Waals surface area contributed by atoms with Gasteiger partial charge in [0.05, 0.1) is 27.7 Å². The summed E-state index contributed by atoms with van der Waals surface area (Å²) in [6.07, 6.45) is 0. The Morgan fingerprint density at radius 3 is 2.53 bits per heavy atom. The summed E-state index contributed by atoms with van der Waals surface area (Å²) in [5.41, 5.74) is 6.59. The molecule has 0 aromatic heterocycles. The van der Waals surface area contributed by atoms with E-state index < -0.39 is 11.6 Å². The second-order valence-electron chi connectivity index (χ2n) is 3.82. The average Bonchev–Trinajstić information content (AvgIpc) is 2.38. The van der Waals surface area contributed by atoms with E-state index in [4.69, 9.17) is 10.5 Å². The first-order valence-corrected chi connectivity index (χ1v) is 6.44. The predicted octanol–water partition coefficient (Wildman–Crippen LogP) is 3.90. The van der Waals surface area contributed by atoms with Crippen LogP contribution in [0, 0.1) is 15.2 Å². The van der Waals surface area contributed by atoms with Crippen LogP contribution in [0.15, 0.2) is 30.3 Å². The lowest BCUT2D eigenvalue weighted by Gasteiger charge is -2.12. The van der Waals surface area contributed by atoms with Gasteiger partial charge in [-0.05, 0) is 40.8 Å². The molecule has 0 saturated heterocycles. The molecule has 0 atom stereocenters. The van der Waals surface area contributed by atoms with Crippen molar-refractivity contribution in [3.05, 3.63) is 45.5 Å². The highest BCUT2D eigenvalue weighted by molar-refractivity contribution is 14.1. The van der Waals surface area contributed by atoms with E-state index in [0.717, 1.165) is 0 Å². The molecule has 2 aromatic rings. The van der Waals surface area contributed by atoms with E-state index in [9.17, 15) is 8.78 Å².